The standard InChI is InChI=1S/C5H5.C3H7P.Cu/c1-2-4-5-3-1;1-2-3-4;/h1-3H,4H2;2H,1,3-4H2;. The molecule has 0 aromatic carbocycles. The molecule has 0 saturated heterocycles. The molecule has 0 bridgehead atoms. The van der Waals surface area contributed by atoms with Crippen LogP contribution < -0.4 is 0 Å². The van der Waals surface area contributed by atoms with Gasteiger partial charge in [0.15, 0.2) is 0 Å². The Kier molecular flexibility index (Phi) is 7.40. The summed E-state index contributed by atoms with van der Waals surface area (Å²) < 4.78 is 1.03. The first-order chi connectivity index (χ1) is 4.81. The summed E-state index contributed by atoms with van der Waals surface area (Å²) in [5.74, 6) is 0. The molecule has 2 heteroatoms. The molecular weight excluding hydrogens is 191 g/mol. The van der Waals surface area contributed by atoms with Crippen molar-refractivity contribution in [2.75, 3.05) is 6.16 Å². The summed E-state index contributed by atoms with van der Waals surface area (Å²) in [6.07, 6.45) is 9.79. The molecular formula is C8H12CuP. The third kappa shape index (κ3) is 6.29. The van der Waals surface area contributed by atoms with Gasteiger partial charge in [-0.1, -0.05) is 6.08 Å². The van der Waals surface area contributed by atoms with Crippen LogP contribution in [-0.4, -0.2) is 6.16 Å². The van der Waals surface area contributed by atoms with Crippen molar-refractivity contribution in [2.45, 2.75) is 6.42 Å². The fraction of sp³-hybridized carbons (Fsp3) is 0.250. The van der Waals surface area contributed by atoms with Gasteiger partial charge >= 0.3 is 45.1 Å². The SMILES string of the molecule is C=CCP.[Cu][C]1=CC=CC1. The Labute approximate surface area is 73.5 Å². The molecule has 1 unspecified atom stereocenters. The van der Waals surface area contributed by atoms with E-state index in [1.807, 2.05) is 18.2 Å². The molecule has 0 saturated carbocycles. The molecule has 1 aliphatic carbocycles. The normalized spacial score (nSPS) is 13.7. The van der Waals surface area contributed by atoms with Crippen LogP contribution in [0.25, 0.3) is 0 Å². The molecule has 0 radical (unpaired) electrons. The Hall–Kier alpha value is 0.169. The van der Waals surface area contributed by atoms with Crippen molar-refractivity contribution in [3.05, 3.63) is 35.4 Å². The zero-order valence-electron chi connectivity index (χ0n) is 5.81. The number of hydrogen-bond acceptors (Lipinski definition) is 0. The Morgan fingerprint density at radius 3 is 2.50 bits per heavy atom. The molecule has 0 fully saturated rings. The van der Waals surface area contributed by atoms with Crippen molar-refractivity contribution in [3.63, 3.8) is 0 Å². The second-order valence-electron chi connectivity index (χ2n) is 1.72. The van der Waals surface area contributed by atoms with Gasteiger partial charge in [-0.15, -0.1) is 15.8 Å². The van der Waals surface area contributed by atoms with E-state index in [9.17, 15) is 0 Å². The summed E-state index contributed by atoms with van der Waals surface area (Å²) in [5, 5.41) is 0. The number of hydrogen-bond donors (Lipinski definition) is 0. The van der Waals surface area contributed by atoms with Crippen molar-refractivity contribution >= 4 is 9.24 Å². The fourth-order valence-electron chi connectivity index (χ4n) is 0.405. The second-order valence-corrected chi connectivity index (χ2v) is 2.80. The minimum absolute atomic E-state index is 0.972. The second kappa shape index (κ2) is 7.28. The quantitative estimate of drug-likeness (QED) is 0.348. The van der Waals surface area contributed by atoms with Crippen LogP contribution in [0.5, 0.6) is 0 Å². The van der Waals surface area contributed by atoms with Gasteiger partial charge in [0.25, 0.3) is 0 Å². The van der Waals surface area contributed by atoms with Crippen LogP contribution >= 0.6 is 9.24 Å². The first-order valence-corrected chi connectivity index (χ1v) is 4.38. The monoisotopic (exact) mass is 202 g/mol. The zero-order chi connectivity index (χ0) is 7.82. The maximum atomic E-state index is 4.93. The molecule has 0 aliphatic heterocycles. The summed E-state index contributed by atoms with van der Waals surface area (Å²) in [6.45, 7) is 3.46. The van der Waals surface area contributed by atoms with E-state index in [4.69, 9.17) is 16.0 Å². The van der Waals surface area contributed by atoms with E-state index in [-0.39, 0.29) is 0 Å². The van der Waals surface area contributed by atoms with E-state index < -0.39 is 0 Å². The Balaban J connectivity index is 0.000000180. The van der Waals surface area contributed by atoms with E-state index in [1.165, 1.54) is 0 Å². The van der Waals surface area contributed by atoms with Crippen LogP contribution in [0, 0.1) is 0 Å². The number of allylic oxidation sites excluding steroid dienone is 5. The van der Waals surface area contributed by atoms with Crippen LogP contribution in [0.3, 0.4) is 0 Å². The molecule has 60 valence electrons. The van der Waals surface area contributed by atoms with Crippen molar-refractivity contribution < 1.29 is 16.0 Å². The third-order valence-corrected chi connectivity index (χ3v) is 1.55. The molecule has 1 atom stereocenters. The van der Waals surface area contributed by atoms with Gasteiger partial charge in [-0.05, 0) is 6.16 Å². The van der Waals surface area contributed by atoms with E-state index in [1.54, 1.807) is 0 Å². The summed E-state index contributed by atoms with van der Waals surface area (Å²) in [7, 11) is 2.54. The van der Waals surface area contributed by atoms with Gasteiger partial charge in [-0.2, -0.15) is 0 Å². The van der Waals surface area contributed by atoms with E-state index in [2.05, 4.69) is 21.9 Å². The molecule has 0 aromatic heterocycles. The topological polar surface area (TPSA) is 0 Å². The first kappa shape index (κ1) is 10.2. The van der Waals surface area contributed by atoms with Crippen molar-refractivity contribution in [2.24, 2.45) is 0 Å². The Bertz CT molecular complexity index is 147. The van der Waals surface area contributed by atoms with Crippen LogP contribution in [0.1, 0.15) is 6.42 Å². The third-order valence-electron chi connectivity index (χ3n) is 0.864. The summed E-state index contributed by atoms with van der Waals surface area (Å²) in [5.41, 5.74) is 0. The summed E-state index contributed by atoms with van der Waals surface area (Å²) in [6, 6.07) is 0. The van der Waals surface area contributed by atoms with Gasteiger partial charge in [0.1, 0.15) is 0 Å². The minimum atomic E-state index is 0.972. The molecule has 0 heterocycles. The maximum absolute atomic E-state index is 4.93. The fourth-order valence-corrected chi connectivity index (χ4v) is 0.606. The Morgan fingerprint density at radius 1 is 1.80 bits per heavy atom. The molecule has 0 N–H and O–H groups in total. The number of rotatable bonds is 1. The van der Waals surface area contributed by atoms with Crippen molar-refractivity contribution in [1.82, 2.24) is 0 Å². The first-order valence-electron chi connectivity index (χ1n) is 3.09. The zero-order valence-corrected chi connectivity index (χ0v) is 7.91. The van der Waals surface area contributed by atoms with E-state index >= 15 is 0 Å². The van der Waals surface area contributed by atoms with Crippen LogP contribution in [0.2, 0.25) is 0 Å². The van der Waals surface area contributed by atoms with Crippen molar-refractivity contribution in [1.29, 1.82) is 0 Å². The van der Waals surface area contributed by atoms with Gasteiger partial charge in [0, 0.05) is 0 Å². The molecule has 0 nitrogen and oxygen atoms in total. The molecule has 10 heavy (non-hydrogen) atoms. The van der Waals surface area contributed by atoms with Crippen LogP contribution in [0.4, 0.5) is 0 Å². The summed E-state index contributed by atoms with van der Waals surface area (Å²) >= 11 is 4.93. The summed E-state index contributed by atoms with van der Waals surface area (Å²) in [4.78, 5) is 0. The molecule has 0 aromatic rings. The van der Waals surface area contributed by atoms with Crippen molar-refractivity contribution in [3.8, 4) is 0 Å². The molecule has 1 aliphatic rings. The van der Waals surface area contributed by atoms with Gasteiger partial charge in [-0.3, -0.25) is 0 Å². The van der Waals surface area contributed by atoms with E-state index in [0.717, 1.165) is 17.1 Å². The predicted octanol–water partition coefficient (Wildman–Crippen LogP) is 2.42. The predicted molar refractivity (Wildman–Crippen MR) is 46.6 cm³/mol. The van der Waals surface area contributed by atoms with Crippen LogP contribution in [-0.2, 0) is 16.0 Å². The van der Waals surface area contributed by atoms with Crippen LogP contribution in [0.15, 0.2) is 35.4 Å². The molecule has 0 amide bonds. The van der Waals surface area contributed by atoms with Gasteiger partial charge in [0.05, 0.1) is 0 Å². The molecule has 1 rings (SSSR count). The average Bonchev–Trinajstić information content (AvgIpc) is 2.40. The van der Waals surface area contributed by atoms with Gasteiger partial charge in [0.2, 0.25) is 0 Å². The Morgan fingerprint density at radius 2 is 2.40 bits per heavy atom. The van der Waals surface area contributed by atoms with E-state index in [0.29, 0.717) is 0 Å². The van der Waals surface area contributed by atoms with Gasteiger partial charge in [-0.25, -0.2) is 0 Å². The average molecular weight is 203 g/mol. The van der Waals surface area contributed by atoms with Gasteiger partial charge < -0.3 is 0 Å². The molecule has 0 spiro atoms.